The number of halogens is 2. The molecule has 1 atom stereocenters. The molecule has 1 aromatic carbocycles. The van der Waals surface area contributed by atoms with E-state index in [9.17, 15) is 8.78 Å². The Labute approximate surface area is 107 Å². The van der Waals surface area contributed by atoms with Crippen molar-refractivity contribution in [1.29, 1.82) is 0 Å². The van der Waals surface area contributed by atoms with Crippen LogP contribution in [0.15, 0.2) is 18.2 Å². The van der Waals surface area contributed by atoms with Crippen LogP contribution in [0.4, 0.5) is 8.78 Å². The molecule has 18 heavy (non-hydrogen) atoms. The lowest BCUT2D eigenvalue weighted by Gasteiger charge is -2.34. The number of rotatable bonds is 4. The van der Waals surface area contributed by atoms with Crippen LogP contribution in [0.5, 0.6) is 0 Å². The SMILES string of the molecule is CCC1(C(N)Cc2cc(F)cc(F)c2)CCCC1. The largest absolute Gasteiger partial charge is 0.327 e. The first kappa shape index (κ1) is 13.5. The monoisotopic (exact) mass is 253 g/mol. The molecule has 0 saturated heterocycles. The zero-order chi connectivity index (χ0) is 13.2. The van der Waals surface area contributed by atoms with Crippen LogP contribution in [-0.4, -0.2) is 6.04 Å². The Morgan fingerprint density at radius 2 is 1.72 bits per heavy atom. The molecule has 1 aromatic rings. The third-order valence-corrected chi connectivity index (χ3v) is 4.47. The molecular formula is C15H21F2N. The van der Waals surface area contributed by atoms with Crippen molar-refractivity contribution in [3.8, 4) is 0 Å². The minimum atomic E-state index is -0.519. The fourth-order valence-electron chi connectivity index (χ4n) is 3.26. The Morgan fingerprint density at radius 1 is 1.17 bits per heavy atom. The fraction of sp³-hybridized carbons (Fsp3) is 0.600. The standard InChI is InChI=1S/C15H21F2N/c1-2-15(5-3-4-6-15)14(18)9-11-7-12(16)10-13(17)8-11/h7-8,10,14H,2-6,9,18H2,1H3. The molecule has 0 radical (unpaired) electrons. The van der Waals surface area contributed by atoms with E-state index < -0.39 is 11.6 Å². The maximum atomic E-state index is 13.2. The first-order valence-corrected chi connectivity index (χ1v) is 6.76. The summed E-state index contributed by atoms with van der Waals surface area (Å²) in [4.78, 5) is 0. The van der Waals surface area contributed by atoms with Crippen molar-refractivity contribution < 1.29 is 8.78 Å². The summed E-state index contributed by atoms with van der Waals surface area (Å²) >= 11 is 0. The highest BCUT2D eigenvalue weighted by Crippen LogP contribution is 2.43. The van der Waals surface area contributed by atoms with E-state index in [1.165, 1.54) is 25.0 Å². The normalized spacial score (nSPS) is 20.0. The molecule has 1 aliphatic rings. The molecule has 0 amide bonds. The van der Waals surface area contributed by atoms with Crippen molar-refractivity contribution >= 4 is 0 Å². The Morgan fingerprint density at radius 3 is 2.22 bits per heavy atom. The third-order valence-electron chi connectivity index (χ3n) is 4.47. The number of hydrogen-bond acceptors (Lipinski definition) is 1. The van der Waals surface area contributed by atoms with Crippen molar-refractivity contribution in [1.82, 2.24) is 0 Å². The van der Waals surface area contributed by atoms with Gasteiger partial charge >= 0.3 is 0 Å². The molecule has 0 bridgehead atoms. The van der Waals surface area contributed by atoms with Gasteiger partial charge in [0.1, 0.15) is 11.6 Å². The van der Waals surface area contributed by atoms with Gasteiger partial charge in [-0.25, -0.2) is 8.78 Å². The number of benzene rings is 1. The minimum absolute atomic E-state index is 0.00815. The van der Waals surface area contributed by atoms with Gasteiger partial charge in [-0.3, -0.25) is 0 Å². The van der Waals surface area contributed by atoms with Crippen LogP contribution in [0.1, 0.15) is 44.6 Å². The summed E-state index contributed by atoms with van der Waals surface area (Å²) in [6, 6.07) is 3.68. The van der Waals surface area contributed by atoms with Gasteiger partial charge in [0, 0.05) is 12.1 Å². The van der Waals surface area contributed by atoms with Crippen molar-refractivity contribution in [2.75, 3.05) is 0 Å². The van der Waals surface area contributed by atoms with Gasteiger partial charge < -0.3 is 5.73 Å². The maximum Gasteiger partial charge on any atom is 0.126 e. The summed E-state index contributed by atoms with van der Waals surface area (Å²) in [6.07, 6.45) is 6.33. The first-order chi connectivity index (χ1) is 8.55. The van der Waals surface area contributed by atoms with E-state index in [2.05, 4.69) is 6.92 Å². The Hall–Kier alpha value is -0.960. The predicted molar refractivity (Wildman–Crippen MR) is 69.2 cm³/mol. The average molecular weight is 253 g/mol. The summed E-state index contributed by atoms with van der Waals surface area (Å²) in [5.74, 6) is -1.04. The molecule has 0 aliphatic heterocycles. The zero-order valence-corrected chi connectivity index (χ0v) is 10.9. The molecule has 0 aromatic heterocycles. The molecule has 1 saturated carbocycles. The fourth-order valence-corrected chi connectivity index (χ4v) is 3.26. The molecule has 3 heteroatoms. The van der Waals surface area contributed by atoms with Crippen molar-refractivity contribution in [2.45, 2.75) is 51.5 Å². The Bertz CT molecular complexity index is 391. The second kappa shape index (κ2) is 5.35. The lowest BCUT2D eigenvalue weighted by molar-refractivity contribution is 0.218. The average Bonchev–Trinajstić information content (AvgIpc) is 2.77. The van der Waals surface area contributed by atoms with Crippen LogP contribution in [0.2, 0.25) is 0 Å². The van der Waals surface area contributed by atoms with Gasteiger partial charge in [-0.2, -0.15) is 0 Å². The van der Waals surface area contributed by atoms with Gasteiger partial charge in [0.2, 0.25) is 0 Å². The summed E-state index contributed by atoms with van der Waals surface area (Å²) in [7, 11) is 0. The highest BCUT2D eigenvalue weighted by Gasteiger charge is 2.37. The quantitative estimate of drug-likeness (QED) is 0.867. The lowest BCUT2D eigenvalue weighted by Crippen LogP contribution is -2.41. The van der Waals surface area contributed by atoms with Crippen LogP contribution >= 0.6 is 0 Å². The van der Waals surface area contributed by atoms with Crippen molar-refractivity contribution in [3.63, 3.8) is 0 Å². The van der Waals surface area contributed by atoms with Crippen LogP contribution in [0.25, 0.3) is 0 Å². The number of nitrogens with two attached hydrogens (primary N) is 1. The van der Waals surface area contributed by atoms with Gasteiger partial charge in [0.05, 0.1) is 0 Å². The van der Waals surface area contributed by atoms with Gasteiger partial charge in [-0.15, -0.1) is 0 Å². The van der Waals surface area contributed by atoms with Gasteiger partial charge in [0.15, 0.2) is 0 Å². The van der Waals surface area contributed by atoms with E-state index in [1.807, 2.05) is 0 Å². The molecule has 1 fully saturated rings. The van der Waals surface area contributed by atoms with E-state index in [1.54, 1.807) is 0 Å². The van der Waals surface area contributed by atoms with E-state index in [-0.39, 0.29) is 11.5 Å². The van der Waals surface area contributed by atoms with E-state index in [0.717, 1.165) is 25.3 Å². The van der Waals surface area contributed by atoms with Gasteiger partial charge in [-0.05, 0) is 48.8 Å². The summed E-state index contributed by atoms with van der Waals surface area (Å²) in [5, 5.41) is 0. The first-order valence-electron chi connectivity index (χ1n) is 6.76. The van der Waals surface area contributed by atoms with E-state index in [4.69, 9.17) is 5.73 Å². The third kappa shape index (κ3) is 2.72. The van der Waals surface area contributed by atoms with E-state index >= 15 is 0 Å². The van der Waals surface area contributed by atoms with Crippen LogP contribution in [-0.2, 0) is 6.42 Å². The smallest absolute Gasteiger partial charge is 0.126 e. The molecular weight excluding hydrogens is 232 g/mol. The number of hydrogen-bond donors (Lipinski definition) is 1. The molecule has 2 rings (SSSR count). The predicted octanol–water partition coefficient (Wildman–Crippen LogP) is 3.81. The molecule has 0 spiro atoms. The van der Waals surface area contributed by atoms with Crippen molar-refractivity contribution in [3.05, 3.63) is 35.4 Å². The molecule has 0 heterocycles. The second-order valence-corrected chi connectivity index (χ2v) is 5.51. The second-order valence-electron chi connectivity index (χ2n) is 5.51. The van der Waals surface area contributed by atoms with E-state index in [0.29, 0.717) is 12.0 Å². The Kier molecular flexibility index (Phi) is 4.00. The summed E-state index contributed by atoms with van der Waals surface area (Å²) in [6.45, 7) is 2.16. The van der Waals surface area contributed by atoms with Crippen molar-refractivity contribution in [2.24, 2.45) is 11.1 Å². The lowest BCUT2D eigenvalue weighted by atomic mass is 9.74. The molecule has 2 N–H and O–H groups in total. The van der Waals surface area contributed by atoms with Crippen LogP contribution in [0, 0.1) is 17.0 Å². The summed E-state index contributed by atoms with van der Waals surface area (Å²) < 4.78 is 26.3. The van der Waals surface area contributed by atoms with Crippen LogP contribution < -0.4 is 5.73 Å². The zero-order valence-electron chi connectivity index (χ0n) is 10.9. The maximum absolute atomic E-state index is 13.2. The minimum Gasteiger partial charge on any atom is -0.327 e. The molecule has 100 valence electrons. The molecule has 1 nitrogen and oxygen atoms in total. The topological polar surface area (TPSA) is 26.0 Å². The van der Waals surface area contributed by atoms with Crippen LogP contribution in [0.3, 0.4) is 0 Å². The highest BCUT2D eigenvalue weighted by molar-refractivity contribution is 5.19. The van der Waals surface area contributed by atoms with Gasteiger partial charge in [-0.1, -0.05) is 19.8 Å². The highest BCUT2D eigenvalue weighted by atomic mass is 19.1. The molecule has 1 unspecified atom stereocenters. The Balaban J connectivity index is 2.12. The summed E-state index contributed by atoms with van der Waals surface area (Å²) in [5.41, 5.74) is 7.15. The molecule has 1 aliphatic carbocycles. The van der Waals surface area contributed by atoms with Gasteiger partial charge in [0.25, 0.3) is 0 Å².